The molecule has 1 rings (SSSR count). The molecule has 0 aromatic carbocycles. The monoisotopic (exact) mass is 182 g/mol. The highest BCUT2D eigenvalue weighted by atomic mass is 16.3. The number of hydrogen-bond acceptors (Lipinski definition) is 1. The van der Waals surface area contributed by atoms with Crippen LogP contribution in [0.5, 0.6) is 0 Å². The van der Waals surface area contributed by atoms with Crippen LogP contribution in [0.4, 0.5) is 0 Å². The SMILES string of the molecule is CC(C)=CC(C)(O)C1CCCCC1. The van der Waals surface area contributed by atoms with Gasteiger partial charge in [0.05, 0.1) is 5.60 Å². The van der Waals surface area contributed by atoms with Crippen molar-refractivity contribution < 1.29 is 5.11 Å². The summed E-state index contributed by atoms with van der Waals surface area (Å²) in [7, 11) is 0. The molecule has 76 valence electrons. The van der Waals surface area contributed by atoms with Crippen LogP contribution in [-0.2, 0) is 0 Å². The largest absolute Gasteiger partial charge is 0.386 e. The first kappa shape index (κ1) is 10.8. The van der Waals surface area contributed by atoms with E-state index in [4.69, 9.17) is 0 Å². The zero-order valence-electron chi connectivity index (χ0n) is 9.14. The van der Waals surface area contributed by atoms with Gasteiger partial charge >= 0.3 is 0 Å². The van der Waals surface area contributed by atoms with Gasteiger partial charge in [-0.25, -0.2) is 0 Å². The molecule has 0 aliphatic heterocycles. The topological polar surface area (TPSA) is 20.2 Å². The average Bonchev–Trinajstić information content (AvgIpc) is 2.04. The molecule has 0 radical (unpaired) electrons. The van der Waals surface area contributed by atoms with E-state index in [1.807, 2.05) is 13.0 Å². The summed E-state index contributed by atoms with van der Waals surface area (Å²) in [6.07, 6.45) is 8.33. The molecule has 1 fully saturated rings. The van der Waals surface area contributed by atoms with Crippen LogP contribution in [0, 0.1) is 5.92 Å². The molecule has 1 aliphatic carbocycles. The average molecular weight is 182 g/mol. The molecule has 0 heterocycles. The maximum Gasteiger partial charge on any atom is 0.0830 e. The van der Waals surface area contributed by atoms with Crippen molar-refractivity contribution in [3.63, 3.8) is 0 Å². The smallest absolute Gasteiger partial charge is 0.0830 e. The van der Waals surface area contributed by atoms with Gasteiger partial charge in [-0.3, -0.25) is 0 Å². The summed E-state index contributed by atoms with van der Waals surface area (Å²) in [5, 5.41) is 10.2. The molecule has 0 spiro atoms. The second-order valence-electron chi connectivity index (χ2n) is 4.78. The molecule has 1 unspecified atom stereocenters. The Morgan fingerprint density at radius 1 is 1.23 bits per heavy atom. The zero-order chi connectivity index (χ0) is 9.90. The van der Waals surface area contributed by atoms with E-state index in [9.17, 15) is 5.11 Å². The molecule has 13 heavy (non-hydrogen) atoms. The highest BCUT2D eigenvalue weighted by Gasteiger charge is 2.30. The van der Waals surface area contributed by atoms with E-state index in [2.05, 4.69) is 13.8 Å². The number of hydrogen-bond donors (Lipinski definition) is 1. The molecule has 1 atom stereocenters. The van der Waals surface area contributed by atoms with Crippen molar-refractivity contribution >= 4 is 0 Å². The van der Waals surface area contributed by atoms with E-state index in [0.717, 1.165) is 0 Å². The fraction of sp³-hybridized carbons (Fsp3) is 0.833. The molecule has 1 heteroatoms. The molecular formula is C12H22O. The summed E-state index contributed by atoms with van der Waals surface area (Å²) < 4.78 is 0. The summed E-state index contributed by atoms with van der Waals surface area (Å²) in [5.74, 6) is 0.483. The number of allylic oxidation sites excluding steroid dienone is 1. The Hall–Kier alpha value is -0.300. The van der Waals surface area contributed by atoms with Gasteiger partial charge in [0.1, 0.15) is 0 Å². The minimum atomic E-state index is -0.570. The van der Waals surface area contributed by atoms with E-state index in [0.29, 0.717) is 5.92 Å². The molecule has 0 bridgehead atoms. The van der Waals surface area contributed by atoms with E-state index in [1.54, 1.807) is 0 Å². The third-order valence-electron chi connectivity index (χ3n) is 3.01. The van der Waals surface area contributed by atoms with Crippen LogP contribution in [0.25, 0.3) is 0 Å². The lowest BCUT2D eigenvalue weighted by Crippen LogP contribution is -2.34. The van der Waals surface area contributed by atoms with Crippen LogP contribution in [0.15, 0.2) is 11.6 Å². The van der Waals surface area contributed by atoms with Crippen molar-refractivity contribution in [2.75, 3.05) is 0 Å². The van der Waals surface area contributed by atoms with Crippen molar-refractivity contribution in [2.24, 2.45) is 5.92 Å². The summed E-state index contributed by atoms with van der Waals surface area (Å²) in [6.45, 7) is 6.06. The first-order chi connectivity index (χ1) is 6.02. The Balaban J connectivity index is 2.61. The van der Waals surface area contributed by atoms with E-state index in [-0.39, 0.29) is 0 Å². The highest BCUT2D eigenvalue weighted by molar-refractivity contribution is 5.07. The molecule has 0 saturated heterocycles. The Kier molecular flexibility index (Phi) is 3.55. The molecule has 0 amide bonds. The minimum Gasteiger partial charge on any atom is -0.386 e. The van der Waals surface area contributed by atoms with Crippen molar-refractivity contribution in [1.29, 1.82) is 0 Å². The summed E-state index contributed by atoms with van der Waals surface area (Å²) in [4.78, 5) is 0. The Bertz CT molecular complexity index is 181. The van der Waals surface area contributed by atoms with Crippen LogP contribution in [0.2, 0.25) is 0 Å². The molecule has 1 nitrogen and oxygen atoms in total. The fourth-order valence-corrected chi connectivity index (χ4v) is 2.39. The minimum absolute atomic E-state index is 0.483. The van der Waals surface area contributed by atoms with Gasteiger partial charge in [0.2, 0.25) is 0 Å². The van der Waals surface area contributed by atoms with Crippen molar-refractivity contribution in [3.05, 3.63) is 11.6 Å². The zero-order valence-corrected chi connectivity index (χ0v) is 9.14. The maximum absolute atomic E-state index is 10.2. The van der Waals surface area contributed by atoms with E-state index >= 15 is 0 Å². The lowest BCUT2D eigenvalue weighted by molar-refractivity contribution is 0.0272. The summed E-state index contributed by atoms with van der Waals surface area (Å²) in [6, 6.07) is 0. The summed E-state index contributed by atoms with van der Waals surface area (Å²) in [5.41, 5.74) is 0.648. The van der Waals surface area contributed by atoms with Crippen LogP contribution >= 0.6 is 0 Å². The van der Waals surface area contributed by atoms with Gasteiger partial charge in [-0.05, 0) is 39.5 Å². The van der Waals surface area contributed by atoms with Gasteiger partial charge in [0.25, 0.3) is 0 Å². The Morgan fingerprint density at radius 2 is 1.77 bits per heavy atom. The van der Waals surface area contributed by atoms with E-state index < -0.39 is 5.60 Å². The quantitative estimate of drug-likeness (QED) is 0.650. The fourth-order valence-electron chi connectivity index (χ4n) is 2.39. The van der Waals surface area contributed by atoms with Crippen LogP contribution in [-0.4, -0.2) is 10.7 Å². The Morgan fingerprint density at radius 3 is 2.23 bits per heavy atom. The summed E-state index contributed by atoms with van der Waals surface area (Å²) >= 11 is 0. The van der Waals surface area contributed by atoms with Gasteiger partial charge in [-0.2, -0.15) is 0 Å². The molecule has 1 N–H and O–H groups in total. The molecular weight excluding hydrogens is 160 g/mol. The second kappa shape index (κ2) is 4.28. The van der Waals surface area contributed by atoms with Crippen molar-refractivity contribution in [3.8, 4) is 0 Å². The maximum atomic E-state index is 10.2. The van der Waals surface area contributed by atoms with Gasteiger partial charge in [0, 0.05) is 0 Å². The molecule has 1 saturated carbocycles. The van der Waals surface area contributed by atoms with Gasteiger partial charge in [-0.1, -0.05) is 30.9 Å². The Labute approximate surface area is 81.9 Å². The predicted octanol–water partition coefficient (Wildman–Crippen LogP) is 3.28. The van der Waals surface area contributed by atoms with Crippen LogP contribution in [0.3, 0.4) is 0 Å². The normalized spacial score (nSPS) is 23.7. The number of rotatable bonds is 2. The first-order valence-corrected chi connectivity index (χ1v) is 5.41. The highest BCUT2D eigenvalue weighted by Crippen LogP contribution is 2.33. The lowest BCUT2D eigenvalue weighted by Gasteiger charge is -2.33. The van der Waals surface area contributed by atoms with Crippen molar-refractivity contribution in [2.45, 2.75) is 58.5 Å². The molecule has 0 aromatic heterocycles. The standard InChI is InChI=1S/C12H22O/c1-10(2)9-12(3,13)11-7-5-4-6-8-11/h9,11,13H,4-8H2,1-3H3. The molecule has 1 aliphatic rings. The van der Waals surface area contributed by atoms with Gasteiger partial charge in [0.15, 0.2) is 0 Å². The van der Waals surface area contributed by atoms with Crippen molar-refractivity contribution in [1.82, 2.24) is 0 Å². The molecule has 0 aromatic rings. The van der Waals surface area contributed by atoms with Crippen LogP contribution in [0.1, 0.15) is 52.9 Å². The van der Waals surface area contributed by atoms with Gasteiger partial charge < -0.3 is 5.11 Å². The first-order valence-electron chi connectivity index (χ1n) is 5.41. The third-order valence-corrected chi connectivity index (χ3v) is 3.01. The lowest BCUT2D eigenvalue weighted by atomic mass is 9.77. The van der Waals surface area contributed by atoms with Gasteiger partial charge in [-0.15, -0.1) is 0 Å². The third kappa shape index (κ3) is 3.15. The predicted molar refractivity (Wildman–Crippen MR) is 56.6 cm³/mol. The number of aliphatic hydroxyl groups is 1. The van der Waals surface area contributed by atoms with Crippen LogP contribution < -0.4 is 0 Å². The van der Waals surface area contributed by atoms with E-state index in [1.165, 1.54) is 37.7 Å². The second-order valence-corrected chi connectivity index (χ2v) is 4.78.